The fraction of sp³-hybridized carbons (Fsp3) is 0.444. The predicted octanol–water partition coefficient (Wildman–Crippen LogP) is 2.99. The van der Waals surface area contributed by atoms with E-state index in [-0.39, 0.29) is 17.9 Å². The predicted molar refractivity (Wildman–Crippen MR) is 92.7 cm³/mol. The summed E-state index contributed by atoms with van der Waals surface area (Å²) < 4.78 is 14.7. The number of aliphatic hydroxyl groups is 1. The van der Waals surface area contributed by atoms with Gasteiger partial charge in [0.25, 0.3) is 0 Å². The number of hydrogen-bond acceptors (Lipinski definition) is 3. The van der Waals surface area contributed by atoms with Gasteiger partial charge in [0.1, 0.15) is 5.82 Å². The van der Waals surface area contributed by atoms with Crippen LogP contribution in [0.1, 0.15) is 36.6 Å². The summed E-state index contributed by atoms with van der Waals surface area (Å²) in [6.45, 7) is 2.50. The van der Waals surface area contributed by atoms with Crippen LogP contribution in [0.2, 0.25) is 0 Å². The van der Waals surface area contributed by atoms with Gasteiger partial charge in [0, 0.05) is 25.8 Å². The Morgan fingerprint density at radius 3 is 2.80 bits per heavy atom. The third-order valence-electron chi connectivity index (χ3n) is 4.64. The molecule has 0 saturated carbocycles. The van der Waals surface area contributed by atoms with Gasteiger partial charge in [0.05, 0.1) is 17.5 Å². The van der Waals surface area contributed by atoms with Crippen LogP contribution >= 0.6 is 0 Å². The van der Waals surface area contributed by atoms with Gasteiger partial charge >= 0.3 is 6.03 Å². The van der Waals surface area contributed by atoms with Gasteiger partial charge in [-0.1, -0.05) is 12.1 Å². The van der Waals surface area contributed by atoms with Crippen LogP contribution in [0.4, 0.5) is 14.9 Å². The van der Waals surface area contributed by atoms with Crippen molar-refractivity contribution in [2.75, 3.05) is 11.9 Å². The van der Waals surface area contributed by atoms with Crippen LogP contribution in [0.3, 0.4) is 0 Å². The maximum absolute atomic E-state index is 13.0. The molecule has 1 fully saturated rings. The van der Waals surface area contributed by atoms with Crippen LogP contribution in [0.25, 0.3) is 0 Å². The average Bonchev–Trinajstić information content (AvgIpc) is 3.14. The van der Waals surface area contributed by atoms with Gasteiger partial charge in [-0.3, -0.25) is 4.68 Å². The second-order valence-corrected chi connectivity index (χ2v) is 6.52. The highest BCUT2D eigenvalue weighted by atomic mass is 19.1. The Morgan fingerprint density at radius 2 is 2.16 bits per heavy atom. The van der Waals surface area contributed by atoms with E-state index in [1.165, 1.54) is 12.1 Å². The Kier molecular flexibility index (Phi) is 5.03. The molecule has 0 spiro atoms. The number of urea groups is 1. The molecule has 1 aliphatic heterocycles. The van der Waals surface area contributed by atoms with E-state index in [9.17, 15) is 14.3 Å². The standard InChI is InChI=1S/C18H23FN4O2/c1-12-16(11-22(2)21-12)20-18(25)23-9-3-4-15(23)10-17(24)13-5-7-14(19)8-6-13/h5-8,11,15,17,24H,3-4,9-10H2,1-2H3,(H,20,25)/t15-,17-/m1/s1. The van der Waals surface area contributed by atoms with E-state index in [1.54, 1.807) is 35.0 Å². The summed E-state index contributed by atoms with van der Waals surface area (Å²) in [7, 11) is 1.81. The van der Waals surface area contributed by atoms with Crippen molar-refractivity contribution in [3.05, 3.63) is 47.5 Å². The first-order chi connectivity index (χ1) is 11.9. The summed E-state index contributed by atoms with van der Waals surface area (Å²) in [5.74, 6) is -0.329. The van der Waals surface area contributed by atoms with Crippen molar-refractivity contribution in [1.82, 2.24) is 14.7 Å². The summed E-state index contributed by atoms with van der Waals surface area (Å²) in [5.41, 5.74) is 2.12. The summed E-state index contributed by atoms with van der Waals surface area (Å²) in [6.07, 6.45) is 3.23. The summed E-state index contributed by atoms with van der Waals surface area (Å²) in [5, 5.41) is 17.5. The molecule has 0 bridgehead atoms. The van der Waals surface area contributed by atoms with E-state index < -0.39 is 6.10 Å². The van der Waals surface area contributed by atoms with Crippen LogP contribution in [0.5, 0.6) is 0 Å². The number of rotatable bonds is 4. The minimum absolute atomic E-state index is 0.0444. The van der Waals surface area contributed by atoms with Gasteiger partial charge in [-0.25, -0.2) is 9.18 Å². The van der Waals surface area contributed by atoms with Gasteiger partial charge in [0.2, 0.25) is 0 Å². The first-order valence-corrected chi connectivity index (χ1v) is 8.45. The highest BCUT2D eigenvalue weighted by Gasteiger charge is 2.31. The lowest BCUT2D eigenvalue weighted by molar-refractivity contribution is 0.129. The molecule has 25 heavy (non-hydrogen) atoms. The third kappa shape index (κ3) is 3.99. The van der Waals surface area contributed by atoms with E-state index in [2.05, 4.69) is 10.4 Å². The monoisotopic (exact) mass is 346 g/mol. The number of aryl methyl sites for hydroxylation is 2. The number of benzene rings is 1. The van der Waals surface area contributed by atoms with E-state index in [4.69, 9.17) is 0 Å². The first-order valence-electron chi connectivity index (χ1n) is 8.45. The van der Waals surface area contributed by atoms with Crippen molar-refractivity contribution in [3.8, 4) is 0 Å². The molecule has 6 nitrogen and oxygen atoms in total. The Bertz CT molecular complexity index is 744. The molecule has 0 unspecified atom stereocenters. The minimum Gasteiger partial charge on any atom is -0.388 e. The number of halogens is 1. The zero-order valence-corrected chi connectivity index (χ0v) is 14.4. The maximum atomic E-state index is 13.0. The van der Waals surface area contributed by atoms with Crippen molar-refractivity contribution >= 4 is 11.7 Å². The number of anilines is 1. The molecule has 2 heterocycles. The first kappa shape index (κ1) is 17.4. The maximum Gasteiger partial charge on any atom is 0.322 e. The minimum atomic E-state index is -0.723. The molecule has 2 N–H and O–H groups in total. The quantitative estimate of drug-likeness (QED) is 0.894. The number of nitrogens with one attached hydrogen (secondary N) is 1. The molecule has 2 atom stereocenters. The number of amides is 2. The number of aromatic nitrogens is 2. The van der Waals surface area contributed by atoms with Crippen molar-refractivity contribution in [1.29, 1.82) is 0 Å². The summed E-state index contributed by atoms with van der Waals surface area (Å²) in [4.78, 5) is 14.4. The lowest BCUT2D eigenvalue weighted by Gasteiger charge is -2.26. The van der Waals surface area contributed by atoms with Crippen LogP contribution in [0.15, 0.2) is 30.5 Å². The fourth-order valence-electron chi connectivity index (χ4n) is 3.34. The van der Waals surface area contributed by atoms with Crippen LogP contribution in [-0.2, 0) is 7.05 Å². The molecule has 134 valence electrons. The van der Waals surface area contributed by atoms with Gasteiger partial charge in [-0.05, 0) is 43.9 Å². The summed E-state index contributed by atoms with van der Waals surface area (Å²) >= 11 is 0. The van der Waals surface area contributed by atoms with Gasteiger partial charge in [0.15, 0.2) is 0 Å². The number of carbonyl (C=O) groups is 1. The SMILES string of the molecule is Cc1nn(C)cc1NC(=O)N1CCC[C@@H]1C[C@@H](O)c1ccc(F)cc1. The van der Waals surface area contributed by atoms with E-state index in [0.29, 0.717) is 24.2 Å². The van der Waals surface area contributed by atoms with E-state index >= 15 is 0 Å². The molecule has 7 heteroatoms. The normalized spacial score (nSPS) is 18.4. The zero-order valence-electron chi connectivity index (χ0n) is 14.4. The van der Waals surface area contributed by atoms with Gasteiger partial charge < -0.3 is 15.3 Å². The highest BCUT2D eigenvalue weighted by molar-refractivity contribution is 5.90. The second kappa shape index (κ2) is 7.23. The Balaban J connectivity index is 1.64. The number of aliphatic hydroxyl groups excluding tert-OH is 1. The average molecular weight is 346 g/mol. The highest BCUT2D eigenvalue weighted by Crippen LogP contribution is 2.28. The topological polar surface area (TPSA) is 70.4 Å². The van der Waals surface area contributed by atoms with Crippen molar-refractivity contribution in [2.45, 2.75) is 38.3 Å². The molecule has 1 aromatic heterocycles. The zero-order chi connectivity index (χ0) is 18.0. The van der Waals surface area contributed by atoms with Crippen molar-refractivity contribution < 1.29 is 14.3 Å². The third-order valence-corrected chi connectivity index (χ3v) is 4.64. The molecule has 0 radical (unpaired) electrons. The molecular weight excluding hydrogens is 323 g/mol. The largest absolute Gasteiger partial charge is 0.388 e. The van der Waals surface area contributed by atoms with E-state index in [1.807, 2.05) is 6.92 Å². The molecule has 3 rings (SSSR count). The van der Waals surface area contributed by atoms with Gasteiger partial charge in [-0.2, -0.15) is 5.10 Å². The lowest BCUT2D eigenvalue weighted by Crippen LogP contribution is -2.39. The van der Waals surface area contributed by atoms with Crippen molar-refractivity contribution in [2.24, 2.45) is 7.05 Å². The number of nitrogens with zero attached hydrogens (tertiary/aromatic N) is 3. The fourth-order valence-corrected chi connectivity index (χ4v) is 3.34. The molecule has 1 saturated heterocycles. The van der Waals surface area contributed by atoms with Gasteiger partial charge in [-0.15, -0.1) is 0 Å². The van der Waals surface area contributed by atoms with Crippen LogP contribution in [0, 0.1) is 12.7 Å². The molecule has 2 amide bonds. The van der Waals surface area contributed by atoms with Crippen molar-refractivity contribution in [3.63, 3.8) is 0 Å². The smallest absolute Gasteiger partial charge is 0.322 e. The Labute approximate surface area is 146 Å². The van der Waals surface area contributed by atoms with E-state index in [0.717, 1.165) is 18.5 Å². The molecule has 2 aromatic rings. The number of hydrogen-bond donors (Lipinski definition) is 2. The Hall–Kier alpha value is -2.41. The molecule has 1 aliphatic rings. The van der Waals surface area contributed by atoms with Crippen LogP contribution in [-0.4, -0.2) is 38.4 Å². The molecule has 1 aromatic carbocycles. The molecular formula is C18H23FN4O2. The second-order valence-electron chi connectivity index (χ2n) is 6.52. The summed E-state index contributed by atoms with van der Waals surface area (Å²) in [6, 6.07) is 5.62. The number of carbonyl (C=O) groups excluding carboxylic acids is 1. The Morgan fingerprint density at radius 1 is 1.44 bits per heavy atom. The number of likely N-dealkylation sites (tertiary alicyclic amines) is 1. The lowest BCUT2D eigenvalue weighted by atomic mass is 10.0. The molecule has 0 aliphatic carbocycles. The van der Waals surface area contributed by atoms with Crippen LogP contribution < -0.4 is 5.32 Å².